The van der Waals surface area contributed by atoms with Gasteiger partial charge in [0.05, 0.1) is 6.67 Å². The Morgan fingerprint density at radius 2 is 1.30 bits per heavy atom. The van der Waals surface area contributed by atoms with Crippen LogP contribution in [0.4, 0.5) is 0 Å². The fraction of sp³-hybridized carbons (Fsp3) is 1.00. The summed E-state index contributed by atoms with van der Waals surface area (Å²) < 4.78 is 0. The molecule has 23 heavy (non-hydrogen) atoms. The van der Waals surface area contributed by atoms with Crippen LogP contribution in [-0.4, -0.2) is 65.2 Å². The van der Waals surface area contributed by atoms with Crippen LogP contribution in [0.5, 0.6) is 0 Å². The van der Waals surface area contributed by atoms with Crippen molar-refractivity contribution in [2.24, 2.45) is 11.3 Å². The van der Waals surface area contributed by atoms with Crippen LogP contribution in [0.2, 0.25) is 0 Å². The van der Waals surface area contributed by atoms with Crippen molar-refractivity contribution in [2.75, 3.05) is 32.8 Å². The van der Waals surface area contributed by atoms with Crippen LogP contribution in [0.15, 0.2) is 0 Å². The molecule has 134 valence electrons. The van der Waals surface area contributed by atoms with Gasteiger partial charge in [-0.05, 0) is 70.9 Å². The van der Waals surface area contributed by atoms with Crippen LogP contribution >= 0.6 is 0 Å². The summed E-state index contributed by atoms with van der Waals surface area (Å²) >= 11 is 0. The first-order chi connectivity index (χ1) is 10.6. The largest absolute Gasteiger partial charge is 0.295 e. The number of piperazine rings is 1. The second-order valence-corrected chi connectivity index (χ2v) is 10.4. The topological polar surface area (TPSA) is 9.72 Å². The molecule has 2 bridgehead atoms. The molecule has 3 rings (SSSR count). The van der Waals surface area contributed by atoms with Gasteiger partial charge in [-0.15, -0.1) is 0 Å². The first kappa shape index (κ1) is 17.7. The van der Waals surface area contributed by atoms with E-state index in [4.69, 9.17) is 0 Å². The quantitative estimate of drug-likeness (QED) is 0.769. The molecule has 0 amide bonds. The van der Waals surface area contributed by atoms with E-state index in [1.165, 1.54) is 58.5 Å². The third kappa shape index (κ3) is 3.93. The fourth-order valence-corrected chi connectivity index (χ4v) is 4.94. The maximum absolute atomic E-state index is 2.85. The maximum Gasteiger partial charge on any atom is 0.0512 e. The molecule has 0 spiro atoms. The average Bonchev–Trinajstić information content (AvgIpc) is 2.68. The normalized spacial score (nSPS) is 32.6. The molecule has 3 saturated heterocycles. The minimum atomic E-state index is 0.331. The highest BCUT2D eigenvalue weighted by molar-refractivity contribution is 4.99. The monoisotopic (exact) mass is 321 g/mol. The predicted molar refractivity (Wildman–Crippen MR) is 98.6 cm³/mol. The van der Waals surface area contributed by atoms with E-state index in [2.05, 4.69) is 56.2 Å². The zero-order valence-corrected chi connectivity index (χ0v) is 16.4. The molecule has 0 aromatic heterocycles. The second-order valence-electron chi connectivity index (χ2n) is 10.4. The summed E-state index contributed by atoms with van der Waals surface area (Å²) in [6, 6.07) is 1.60. The van der Waals surface area contributed by atoms with Gasteiger partial charge in [0.2, 0.25) is 0 Å². The molecule has 0 aromatic carbocycles. The van der Waals surface area contributed by atoms with Gasteiger partial charge in [0.15, 0.2) is 0 Å². The lowest BCUT2D eigenvalue weighted by Crippen LogP contribution is -2.60. The lowest BCUT2D eigenvalue weighted by Gasteiger charge is -2.48. The minimum absolute atomic E-state index is 0.331. The molecule has 0 N–H and O–H groups in total. The van der Waals surface area contributed by atoms with Crippen LogP contribution < -0.4 is 0 Å². The van der Waals surface area contributed by atoms with Crippen molar-refractivity contribution in [3.05, 3.63) is 0 Å². The molecule has 0 aromatic rings. The van der Waals surface area contributed by atoms with Gasteiger partial charge in [0.25, 0.3) is 0 Å². The van der Waals surface area contributed by atoms with E-state index >= 15 is 0 Å². The Balaban J connectivity index is 1.53. The summed E-state index contributed by atoms with van der Waals surface area (Å²) in [5, 5.41) is 0. The highest BCUT2D eigenvalue weighted by Crippen LogP contribution is 2.36. The van der Waals surface area contributed by atoms with E-state index in [-0.39, 0.29) is 0 Å². The molecule has 3 heteroatoms. The van der Waals surface area contributed by atoms with Crippen molar-refractivity contribution in [3.63, 3.8) is 0 Å². The van der Waals surface area contributed by atoms with Crippen molar-refractivity contribution in [3.8, 4) is 0 Å². The summed E-state index contributed by atoms with van der Waals surface area (Å²) in [4.78, 5) is 8.30. The minimum Gasteiger partial charge on any atom is -0.295 e. The van der Waals surface area contributed by atoms with E-state index < -0.39 is 0 Å². The summed E-state index contributed by atoms with van der Waals surface area (Å²) in [6.45, 7) is 20.8. The number of hydrogen-bond donors (Lipinski definition) is 0. The van der Waals surface area contributed by atoms with Gasteiger partial charge in [0, 0.05) is 30.7 Å². The SMILES string of the molecule is CC(C)(C)C1CCN(CN2C3CCC2CN(C(C)(C)C)C3)CC1. The van der Waals surface area contributed by atoms with E-state index in [1.807, 2.05) is 0 Å². The Morgan fingerprint density at radius 1 is 0.783 bits per heavy atom. The second kappa shape index (κ2) is 6.31. The number of rotatable bonds is 2. The molecule has 0 aliphatic carbocycles. The molecule has 0 saturated carbocycles. The van der Waals surface area contributed by atoms with Gasteiger partial charge in [0.1, 0.15) is 0 Å². The Hall–Kier alpha value is -0.120. The molecule has 2 unspecified atom stereocenters. The highest BCUT2D eigenvalue weighted by atomic mass is 15.4. The Labute approximate surface area is 144 Å². The lowest BCUT2D eigenvalue weighted by atomic mass is 9.75. The van der Waals surface area contributed by atoms with E-state index in [0.29, 0.717) is 11.0 Å². The first-order valence-electron chi connectivity index (χ1n) is 9.88. The van der Waals surface area contributed by atoms with Crippen molar-refractivity contribution >= 4 is 0 Å². The standard InChI is InChI=1S/C20H39N3/c1-19(2,3)16-9-11-21(12-10-16)15-23-17-7-8-18(23)14-22(13-17)20(4,5)6/h16-18H,7-15H2,1-6H3. The summed E-state index contributed by atoms with van der Waals surface area (Å²) in [5.74, 6) is 0.910. The number of hydrogen-bond acceptors (Lipinski definition) is 3. The molecule has 3 fully saturated rings. The smallest absolute Gasteiger partial charge is 0.0512 e. The van der Waals surface area contributed by atoms with Crippen LogP contribution in [0, 0.1) is 11.3 Å². The third-order valence-electron chi connectivity index (χ3n) is 6.76. The molecular weight excluding hydrogens is 282 g/mol. The highest BCUT2D eigenvalue weighted by Gasteiger charge is 2.43. The molecule has 0 radical (unpaired) electrons. The summed E-state index contributed by atoms with van der Waals surface area (Å²) in [7, 11) is 0. The van der Waals surface area contributed by atoms with Gasteiger partial charge in [-0.1, -0.05) is 20.8 Å². The number of piperidine rings is 1. The molecule has 3 aliphatic heterocycles. The van der Waals surface area contributed by atoms with Crippen LogP contribution in [-0.2, 0) is 0 Å². The summed E-state index contributed by atoms with van der Waals surface area (Å²) in [5.41, 5.74) is 0.821. The van der Waals surface area contributed by atoms with Crippen molar-refractivity contribution < 1.29 is 0 Å². The number of likely N-dealkylation sites (tertiary alicyclic amines) is 2. The number of nitrogens with zero attached hydrogens (tertiary/aromatic N) is 3. The molecule has 3 aliphatic rings. The predicted octanol–water partition coefficient (Wildman–Crippen LogP) is 3.65. The average molecular weight is 322 g/mol. The zero-order chi connectivity index (χ0) is 16.8. The first-order valence-corrected chi connectivity index (χ1v) is 9.88. The van der Waals surface area contributed by atoms with Gasteiger partial charge in [-0.2, -0.15) is 0 Å². The van der Waals surface area contributed by atoms with Gasteiger partial charge in [-0.3, -0.25) is 14.7 Å². The fourth-order valence-electron chi connectivity index (χ4n) is 4.94. The lowest BCUT2D eigenvalue weighted by molar-refractivity contribution is -0.0228. The van der Waals surface area contributed by atoms with Crippen molar-refractivity contribution in [2.45, 2.75) is 84.8 Å². The van der Waals surface area contributed by atoms with E-state index in [1.54, 1.807) is 0 Å². The van der Waals surface area contributed by atoms with E-state index in [0.717, 1.165) is 18.0 Å². The molecular formula is C20H39N3. The van der Waals surface area contributed by atoms with E-state index in [9.17, 15) is 0 Å². The van der Waals surface area contributed by atoms with Crippen molar-refractivity contribution in [1.29, 1.82) is 0 Å². The van der Waals surface area contributed by atoms with Gasteiger partial charge >= 0.3 is 0 Å². The van der Waals surface area contributed by atoms with Crippen molar-refractivity contribution in [1.82, 2.24) is 14.7 Å². The molecule has 3 heterocycles. The zero-order valence-electron chi connectivity index (χ0n) is 16.4. The van der Waals surface area contributed by atoms with Crippen LogP contribution in [0.3, 0.4) is 0 Å². The Morgan fingerprint density at radius 3 is 1.74 bits per heavy atom. The third-order valence-corrected chi connectivity index (χ3v) is 6.76. The maximum atomic E-state index is 2.85. The molecule has 2 atom stereocenters. The van der Waals surface area contributed by atoms with Gasteiger partial charge in [-0.25, -0.2) is 0 Å². The Kier molecular flexibility index (Phi) is 4.85. The molecule has 3 nitrogen and oxygen atoms in total. The summed E-state index contributed by atoms with van der Waals surface area (Å²) in [6.07, 6.45) is 5.60. The Bertz CT molecular complexity index is 384. The van der Waals surface area contributed by atoms with Crippen LogP contribution in [0.1, 0.15) is 67.2 Å². The van der Waals surface area contributed by atoms with Crippen LogP contribution in [0.25, 0.3) is 0 Å². The van der Waals surface area contributed by atoms with Gasteiger partial charge < -0.3 is 0 Å². The number of fused-ring (bicyclic) bond motifs is 2.